The van der Waals surface area contributed by atoms with Crippen molar-refractivity contribution in [1.29, 1.82) is 0 Å². The van der Waals surface area contributed by atoms with Gasteiger partial charge >= 0.3 is 6.09 Å². The average molecular weight is 272 g/mol. The highest BCUT2D eigenvalue weighted by atomic mass is 16.5. The zero-order valence-corrected chi connectivity index (χ0v) is 12.8. The minimum atomic E-state index is -0.573. The number of ether oxygens (including phenoxy) is 1. The largest absolute Gasteiger partial charge is 0.452 e. The molecule has 5 nitrogen and oxygen atoms in total. The minimum absolute atomic E-state index is 0.127. The van der Waals surface area contributed by atoms with Gasteiger partial charge < -0.3 is 9.84 Å². The van der Waals surface area contributed by atoms with E-state index in [-0.39, 0.29) is 12.5 Å². The quantitative estimate of drug-likeness (QED) is 0.527. The van der Waals surface area contributed by atoms with Gasteiger partial charge in [0.25, 0.3) is 0 Å². The van der Waals surface area contributed by atoms with Crippen molar-refractivity contribution >= 4 is 11.8 Å². The third-order valence-electron chi connectivity index (χ3n) is 3.70. The maximum Gasteiger partial charge on any atom is 0.427 e. The summed E-state index contributed by atoms with van der Waals surface area (Å²) in [7, 11) is 1.30. The molecule has 2 N–H and O–H groups in total. The number of nitrogens with one attached hydrogen (secondary N) is 1. The molecule has 0 radical (unpaired) electrons. The molecule has 0 aromatic rings. The summed E-state index contributed by atoms with van der Waals surface area (Å²) in [6, 6.07) is 0. The third-order valence-corrected chi connectivity index (χ3v) is 3.70. The monoisotopic (exact) mass is 272 g/mol. The molecule has 0 bridgehead atoms. The van der Waals surface area contributed by atoms with Gasteiger partial charge in [-0.25, -0.2) is 10.2 Å². The Bertz CT molecular complexity index is 301. The Labute approximate surface area is 116 Å². The predicted octanol–water partition coefficient (Wildman–Crippen LogP) is 2.93. The van der Waals surface area contributed by atoms with Crippen molar-refractivity contribution in [3.8, 4) is 0 Å². The molecule has 0 heterocycles. The number of carbonyl (C=O) groups excluding carboxylic acids is 1. The third kappa shape index (κ3) is 7.82. The van der Waals surface area contributed by atoms with Crippen LogP contribution >= 0.6 is 0 Å². The zero-order chi connectivity index (χ0) is 14.9. The molecule has 0 aliphatic heterocycles. The summed E-state index contributed by atoms with van der Waals surface area (Å²) in [5.41, 5.74) is 3.45. The highest BCUT2D eigenvalue weighted by molar-refractivity contribution is 5.85. The Balaban J connectivity index is 4.49. The number of nitrogens with zero attached hydrogens (tertiary/aromatic N) is 1. The van der Waals surface area contributed by atoms with Crippen LogP contribution in [0.15, 0.2) is 5.10 Å². The van der Waals surface area contributed by atoms with Crippen LogP contribution in [0.1, 0.15) is 53.4 Å². The van der Waals surface area contributed by atoms with Gasteiger partial charge in [-0.2, -0.15) is 5.10 Å². The van der Waals surface area contributed by atoms with Crippen molar-refractivity contribution in [2.24, 2.45) is 16.4 Å². The van der Waals surface area contributed by atoms with E-state index in [0.717, 1.165) is 25.0 Å². The molecule has 19 heavy (non-hydrogen) atoms. The SMILES string of the molecule is CCC(C)(C)CCC(CCO)/C(C)=N/NC(=O)OC. The smallest absolute Gasteiger partial charge is 0.427 e. The summed E-state index contributed by atoms with van der Waals surface area (Å²) in [6.07, 6.45) is 3.24. The lowest BCUT2D eigenvalue weighted by atomic mass is 9.81. The molecular weight excluding hydrogens is 244 g/mol. The van der Waals surface area contributed by atoms with E-state index in [1.54, 1.807) is 0 Å². The second-order valence-electron chi connectivity index (χ2n) is 5.62. The molecule has 0 fully saturated rings. The van der Waals surface area contributed by atoms with Crippen LogP contribution in [-0.2, 0) is 4.74 Å². The van der Waals surface area contributed by atoms with Gasteiger partial charge in [-0.15, -0.1) is 0 Å². The lowest BCUT2D eigenvalue weighted by Crippen LogP contribution is -2.23. The number of hydrazone groups is 1. The fraction of sp³-hybridized carbons (Fsp3) is 0.857. The average Bonchev–Trinajstić information content (AvgIpc) is 2.40. The molecule has 0 saturated heterocycles. The van der Waals surface area contributed by atoms with Crippen molar-refractivity contribution in [2.45, 2.75) is 53.4 Å². The van der Waals surface area contributed by atoms with Crippen molar-refractivity contribution in [1.82, 2.24) is 5.43 Å². The van der Waals surface area contributed by atoms with E-state index in [1.807, 2.05) is 6.92 Å². The molecular formula is C14H28N2O3. The minimum Gasteiger partial charge on any atom is -0.452 e. The van der Waals surface area contributed by atoms with E-state index in [4.69, 9.17) is 5.11 Å². The fourth-order valence-corrected chi connectivity index (χ4v) is 1.73. The molecule has 1 amide bonds. The Hall–Kier alpha value is -1.10. The summed E-state index contributed by atoms with van der Waals surface area (Å²) < 4.78 is 4.47. The van der Waals surface area contributed by atoms with Crippen molar-refractivity contribution < 1.29 is 14.6 Å². The van der Waals surface area contributed by atoms with Crippen LogP contribution in [0, 0.1) is 11.3 Å². The molecule has 0 saturated carbocycles. The molecule has 112 valence electrons. The fourth-order valence-electron chi connectivity index (χ4n) is 1.73. The second-order valence-corrected chi connectivity index (χ2v) is 5.62. The predicted molar refractivity (Wildman–Crippen MR) is 77.1 cm³/mol. The van der Waals surface area contributed by atoms with Gasteiger partial charge in [-0.1, -0.05) is 27.2 Å². The van der Waals surface area contributed by atoms with Crippen molar-refractivity contribution in [3.05, 3.63) is 0 Å². The molecule has 0 aromatic heterocycles. The number of hydrogen-bond donors (Lipinski definition) is 2. The molecule has 0 rings (SSSR count). The number of carbonyl (C=O) groups is 1. The van der Waals surface area contributed by atoms with Crippen LogP contribution in [0.2, 0.25) is 0 Å². The molecule has 5 heteroatoms. The van der Waals surface area contributed by atoms with Gasteiger partial charge in [-0.3, -0.25) is 0 Å². The van der Waals surface area contributed by atoms with Gasteiger partial charge in [0.2, 0.25) is 0 Å². The Morgan fingerprint density at radius 2 is 2.05 bits per heavy atom. The van der Waals surface area contributed by atoms with Crippen LogP contribution in [-0.4, -0.2) is 30.6 Å². The molecule has 0 aliphatic carbocycles. The summed E-state index contributed by atoms with van der Waals surface area (Å²) in [6.45, 7) is 8.66. The number of aliphatic hydroxyl groups is 1. The number of aliphatic hydroxyl groups excluding tert-OH is 1. The van der Waals surface area contributed by atoms with Crippen LogP contribution in [0.25, 0.3) is 0 Å². The van der Waals surface area contributed by atoms with Gasteiger partial charge in [-0.05, 0) is 31.6 Å². The number of methoxy groups -OCH3 is 1. The highest BCUT2D eigenvalue weighted by Crippen LogP contribution is 2.29. The van der Waals surface area contributed by atoms with Gasteiger partial charge in [0.05, 0.1) is 7.11 Å². The van der Waals surface area contributed by atoms with Crippen LogP contribution in [0.5, 0.6) is 0 Å². The second kappa shape index (κ2) is 8.91. The van der Waals surface area contributed by atoms with E-state index in [2.05, 4.69) is 36.0 Å². The van der Waals surface area contributed by atoms with Crippen LogP contribution < -0.4 is 5.43 Å². The molecule has 0 aromatic carbocycles. The molecule has 1 unspecified atom stereocenters. The molecule has 0 aliphatic rings. The zero-order valence-electron chi connectivity index (χ0n) is 12.8. The number of amides is 1. The lowest BCUT2D eigenvalue weighted by molar-refractivity contribution is 0.171. The Kier molecular flexibility index (Phi) is 8.39. The van der Waals surface area contributed by atoms with E-state index < -0.39 is 6.09 Å². The first-order valence-electron chi connectivity index (χ1n) is 6.85. The highest BCUT2D eigenvalue weighted by Gasteiger charge is 2.20. The van der Waals surface area contributed by atoms with E-state index >= 15 is 0 Å². The summed E-state index contributed by atoms with van der Waals surface area (Å²) >= 11 is 0. The summed E-state index contributed by atoms with van der Waals surface area (Å²) in [5.74, 6) is 0.188. The first-order chi connectivity index (χ1) is 8.86. The Morgan fingerprint density at radius 3 is 2.53 bits per heavy atom. The van der Waals surface area contributed by atoms with Gasteiger partial charge in [0.1, 0.15) is 0 Å². The maximum atomic E-state index is 11.0. The maximum absolute atomic E-state index is 11.0. The van der Waals surface area contributed by atoms with E-state index in [1.165, 1.54) is 7.11 Å². The van der Waals surface area contributed by atoms with E-state index in [0.29, 0.717) is 11.8 Å². The topological polar surface area (TPSA) is 70.9 Å². The molecule has 1 atom stereocenters. The number of rotatable bonds is 8. The van der Waals surface area contributed by atoms with E-state index in [9.17, 15) is 4.79 Å². The number of hydrogen-bond acceptors (Lipinski definition) is 4. The normalized spacial score (nSPS) is 14.1. The Morgan fingerprint density at radius 1 is 1.42 bits per heavy atom. The van der Waals surface area contributed by atoms with Crippen molar-refractivity contribution in [3.63, 3.8) is 0 Å². The summed E-state index contributed by atoms with van der Waals surface area (Å²) in [4.78, 5) is 11.0. The van der Waals surface area contributed by atoms with Crippen LogP contribution in [0.3, 0.4) is 0 Å². The molecule has 0 spiro atoms. The lowest BCUT2D eigenvalue weighted by Gasteiger charge is -2.25. The standard InChI is InChI=1S/C14H28N2O3/c1-6-14(3,4)9-7-12(8-10-17)11(2)15-16-13(18)19-5/h12,17H,6-10H2,1-5H3,(H,16,18)/b15-11+. The van der Waals surface area contributed by atoms with Gasteiger partial charge in [0, 0.05) is 18.2 Å². The first-order valence-corrected chi connectivity index (χ1v) is 6.85. The summed E-state index contributed by atoms with van der Waals surface area (Å²) in [5, 5.41) is 13.2. The van der Waals surface area contributed by atoms with Gasteiger partial charge in [0.15, 0.2) is 0 Å². The van der Waals surface area contributed by atoms with Crippen molar-refractivity contribution in [2.75, 3.05) is 13.7 Å². The first kappa shape index (κ1) is 17.9. The van der Waals surface area contributed by atoms with Crippen LogP contribution in [0.4, 0.5) is 4.79 Å².